The molecule has 0 saturated carbocycles. The first-order valence-corrected chi connectivity index (χ1v) is 8.18. The van der Waals surface area contributed by atoms with Crippen molar-refractivity contribution in [3.8, 4) is 5.75 Å². The lowest BCUT2D eigenvalue weighted by molar-refractivity contribution is -0.0498. The second-order valence-corrected chi connectivity index (χ2v) is 6.49. The zero-order valence-corrected chi connectivity index (χ0v) is 12.5. The number of aromatic nitrogens is 1. The highest BCUT2D eigenvalue weighted by Gasteiger charge is 2.13. The number of ether oxygens (including phenoxy) is 1. The number of hydrogen-bond donors (Lipinski definition) is 1. The van der Waals surface area contributed by atoms with Gasteiger partial charge in [-0.05, 0) is 29.8 Å². The van der Waals surface area contributed by atoms with E-state index in [4.69, 9.17) is 0 Å². The summed E-state index contributed by atoms with van der Waals surface area (Å²) >= 11 is 0. The average molecular weight is 328 g/mol. The lowest BCUT2D eigenvalue weighted by Gasteiger charge is -2.10. The molecule has 1 N–H and O–H groups in total. The van der Waals surface area contributed by atoms with Gasteiger partial charge in [-0.1, -0.05) is 12.1 Å². The topological polar surface area (TPSA) is 68.3 Å². The summed E-state index contributed by atoms with van der Waals surface area (Å²) in [7, 11) is -3.41. The molecule has 22 heavy (non-hydrogen) atoms. The number of nitrogens with one attached hydrogen (secondary N) is 1. The highest BCUT2D eigenvalue weighted by atomic mass is 32.2. The quantitative estimate of drug-likeness (QED) is 0.883. The van der Waals surface area contributed by atoms with Crippen molar-refractivity contribution in [1.29, 1.82) is 0 Å². The lowest BCUT2D eigenvalue weighted by Crippen LogP contribution is -2.08. The third-order valence-electron chi connectivity index (χ3n) is 2.75. The fraction of sp³-hybridized carbons (Fsp3) is 0.214. The number of anilines is 1. The summed E-state index contributed by atoms with van der Waals surface area (Å²) in [6.45, 7) is -2.67. The van der Waals surface area contributed by atoms with Crippen LogP contribution in [0.5, 0.6) is 5.75 Å². The van der Waals surface area contributed by atoms with Crippen LogP contribution in [0.1, 0.15) is 5.56 Å². The number of nitrogens with zero attached hydrogens (tertiary/aromatic N) is 1. The number of alkyl halides is 2. The maximum Gasteiger partial charge on any atom is 0.387 e. The molecule has 0 radical (unpaired) electrons. The molecule has 0 aliphatic rings. The molecule has 0 aliphatic heterocycles. The van der Waals surface area contributed by atoms with Crippen molar-refractivity contribution in [2.24, 2.45) is 0 Å². The highest BCUT2D eigenvalue weighted by Crippen LogP contribution is 2.20. The number of rotatable bonds is 6. The average Bonchev–Trinajstić information content (AvgIpc) is 2.44. The van der Waals surface area contributed by atoms with Crippen LogP contribution in [0.4, 0.5) is 14.6 Å². The Hall–Kier alpha value is -2.22. The molecule has 5 nitrogen and oxygen atoms in total. The summed E-state index contributed by atoms with van der Waals surface area (Å²) in [6, 6.07) is 9.11. The van der Waals surface area contributed by atoms with Crippen LogP contribution in [0.15, 0.2) is 47.5 Å². The number of hydrogen-bond acceptors (Lipinski definition) is 5. The van der Waals surface area contributed by atoms with E-state index in [1.54, 1.807) is 12.1 Å². The minimum Gasteiger partial charge on any atom is -0.435 e. The molecular formula is C14H14F2N2O3S. The van der Waals surface area contributed by atoms with E-state index < -0.39 is 16.4 Å². The fourth-order valence-electron chi connectivity index (χ4n) is 1.84. The third kappa shape index (κ3) is 4.39. The second-order valence-electron chi connectivity index (χ2n) is 4.50. The third-order valence-corrected chi connectivity index (χ3v) is 3.88. The summed E-state index contributed by atoms with van der Waals surface area (Å²) in [5, 5.41) is 2.88. The van der Waals surface area contributed by atoms with E-state index in [-0.39, 0.29) is 23.0 Å². The van der Waals surface area contributed by atoms with Crippen LogP contribution in [0, 0.1) is 0 Å². The van der Waals surface area contributed by atoms with Crippen LogP contribution in [-0.2, 0) is 16.4 Å². The van der Waals surface area contributed by atoms with E-state index in [9.17, 15) is 17.2 Å². The van der Waals surface area contributed by atoms with Gasteiger partial charge in [0.2, 0.25) is 0 Å². The van der Waals surface area contributed by atoms with Gasteiger partial charge >= 0.3 is 6.61 Å². The van der Waals surface area contributed by atoms with Crippen LogP contribution < -0.4 is 10.1 Å². The van der Waals surface area contributed by atoms with Crippen LogP contribution >= 0.6 is 0 Å². The minimum atomic E-state index is -3.41. The normalized spacial score (nSPS) is 11.5. The Labute approximate surface area is 126 Å². The molecule has 0 aliphatic carbocycles. The summed E-state index contributed by atoms with van der Waals surface area (Å²) in [5.41, 5.74) is 0.656. The molecule has 118 valence electrons. The van der Waals surface area contributed by atoms with E-state index in [1.165, 1.54) is 30.5 Å². The Kier molecular flexibility index (Phi) is 4.92. The summed E-state index contributed by atoms with van der Waals surface area (Å²) in [5.74, 6) is 0.254. The highest BCUT2D eigenvalue weighted by molar-refractivity contribution is 7.90. The molecular weight excluding hydrogens is 314 g/mol. The largest absolute Gasteiger partial charge is 0.435 e. The van der Waals surface area contributed by atoms with Gasteiger partial charge in [0.05, 0.1) is 0 Å². The number of pyridine rings is 1. The molecule has 2 rings (SSSR count). The molecule has 0 unspecified atom stereocenters. The van der Waals surface area contributed by atoms with Crippen LogP contribution in [-0.4, -0.2) is 26.3 Å². The van der Waals surface area contributed by atoms with Crippen molar-refractivity contribution in [2.75, 3.05) is 11.6 Å². The molecule has 1 heterocycles. The Morgan fingerprint density at radius 1 is 1.27 bits per heavy atom. The Bertz CT molecular complexity index is 751. The molecule has 8 heteroatoms. The van der Waals surface area contributed by atoms with Crippen LogP contribution in [0.2, 0.25) is 0 Å². The summed E-state index contributed by atoms with van der Waals surface area (Å²) in [4.78, 5) is 4.07. The first-order valence-electron chi connectivity index (χ1n) is 6.29. The first-order chi connectivity index (χ1) is 10.4. The first kappa shape index (κ1) is 16.2. The van der Waals surface area contributed by atoms with E-state index in [0.717, 1.165) is 6.26 Å². The second kappa shape index (κ2) is 6.69. The van der Waals surface area contributed by atoms with Crippen molar-refractivity contribution in [3.05, 3.63) is 48.2 Å². The van der Waals surface area contributed by atoms with Crippen LogP contribution in [0.3, 0.4) is 0 Å². The lowest BCUT2D eigenvalue weighted by atomic mass is 10.2. The van der Waals surface area contributed by atoms with Gasteiger partial charge in [-0.15, -0.1) is 0 Å². The fourth-order valence-corrected chi connectivity index (χ4v) is 2.64. The van der Waals surface area contributed by atoms with Gasteiger partial charge in [-0.25, -0.2) is 13.4 Å². The van der Waals surface area contributed by atoms with E-state index in [2.05, 4.69) is 15.0 Å². The van der Waals surface area contributed by atoms with E-state index in [1.807, 2.05) is 0 Å². The van der Waals surface area contributed by atoms with E-state index >= 15 is 0 Å². The Balaban J connectivity index is 2.14. The molecule has 0 bridgehead atoms. The number of sulfone groups is 1. The number of halogens is 2. The van der Waals surface area contributed by atoms with Crippen LogP contribution in [0.25, 0.3) is 0 Å². The van der Waals surface area contributed by atoms with Gasteiger partial charge in [-0.3, -0.25) is 0 Å². The SMILES string of the molecule is CS(=O)(=O)c1cccnc1NCc1cccc(OC(F)F)c1. The molecule has 1 aromatic heterocycles. The van der Waals surface area contributed by atoms with Gasteiger partial charge in [-0.2, -0.15) is 8.78 Å². The zero-order chi connectivity index (χ0) is 16.2. The number of benzene rings is 1. The van der Waals surface area contributed by atoms with Gasteiger partial charge in [0, 0.05) is 19.0 Å². The van der Waals surface area contributed by atoms with E-state index in [0.29, 0.717) is 5.56 Å². The standard InChI is InChI=1S/C14H14F2N2O3S/c1-22(19,20)12-6-3-7-17-13(12)18-9-10-4-2-5-11(8-10)21-14(15)16/h2-8,14H,9H2,1H3,(H,17,18). The predicted molar refractivity (Wildman–Crippen MR) is 77.7 cm³/mol. The Morgan fingerprint density at radius 2 is 2.05 bits per heavy atom. The molecule has 0 spiro atoms. The molecule has 2 aromatic rings. The van der Waals surface area contributed by atoms with Gasteiger partial charge in [0.15, 0.2) is 9.84 Å². The summed E-state index contributed by atoms with van der Waals surface area (Å²) < 4.78 is 52.0. The maximum atomic E-state index is 12.2. The monoisotopic (exact) mass is 328 g/mol. The van der Waals surface area contributed by atoms with Crippen molar-refractivity contribution >= 4 is 15.7 Å². The maximum absolute atomic E-state index is 12.2. The van der Waals surface area contributed by atoms with Gasteiger partial charge < -0.3 is 10.1 Å². The zero-order valence-electron chi connectivity index (χ0n) is 11.7. The van der Waals surface area contributed by atoms with Crippen molar-refractivity contribution in [1.82, 2.24) is 4.98 Å². The molecule has 1 aromatic carbocycles. The van der Waals surface area contributed by atoms with Crippen molar-refractivity contribution in [3.63, 3.8) is 0 Å². The summed E-state index contributed by atoms with van der Waals surface area (Å²) in [6.07, 6.45) is 2.56. The smallest absolute Gasteiger partial charge is 0.387 e. The molecule has 0 fully saturated rings. The molecule has 0 amide bonds. The molecule has 0 atom stereocenters. The van der Waals surface area contributed by atoms with Gasteiger partial charge in [0.25, 0.3) is 0 Å². The Morgan fingerprint density at radius 3 is 2.73 bits per heavy atom. The van der Waals surface area contributed by atoms with Gasteiger partial charge in [0.1, 0.15) is 16.5 Å². The minimum absolute atomic E-state index is 0.0404. The predicted octanol–water partition coefficient (Wildman–Crippen LogP) is 2.70. The molecule has 0 saturated heterocycles. The van der Waals surface area contributed by atoms with Crippen molar-refractivity contribution < 1.29 is 21.9 Å². The van der Waals surface area contributed by atoms with Crippen molar-refractivity contribution in [2.45, 2.75) is 18.1 Å².